The third-order valence-corrected chi connectivity index (χ3v) is 5.07. The second kappa shape index (κ2) is 7.59. The summed E-state index contributed by atoms with van der Waals surface area (Å²) >= 11 is 0. The molecule has 2 aromatic rings. The number of hydrogen-bond donors (Lipinski definition) is 3. The quantitative estimate of drug-likeness (QED) is 0.727. The molecule has 0 bridgehead atoms. The van der Waals surface area contributed by atoms with Crippen LogP contribution in [0.2, 0.25) is 0 Å². The number of carboxylic acid groups (broad SMARTS) is 1. The van der Waals surface area contributed by atoms with Crippen molar-refractivity contribution in [1.29, 1.82) is 0 Å². The number of nitrogens with two attached hydrogens (primary N) is 2. The van der Waals surface area contributed by atoms with E-state index in [-0.39, 0.29) is 5.95 Å². The van der Waals surface area contributed by atoms with Crippen molar-refractivity contribution in [2.75, 3.05) is 29.5 Å². The predicted octanol–water partition coefficient (Wildman–Crippen LogP) is 2.34. The van der Waals surface area contributed by atoms with Gasteiger partial charge in [0.05, 0.1) is 5.41 Å². The first-order valence-electron chi connectivity index (χ1n) is 8.91. The summed E-state index contributed by atoms with van der Waals surface area (Å²) in [5.74, 6) is 0.257. The van der Waals surface area contributed by atoms with E-state index in [2.05, 4.69) is 22.1 Å². The van der Waals surface area contributed by atoms with Crippen LogP contribution in [0.25, 0.3) is 0 Å². The van der Waals surface area contributed by atoms with Crippen molar-refractivity contribution in [3.05, 3.63) is 42.0 Å². The summed E-state index contributed by atoms with van der Waals surface area (Å²) in [6.07, 6.45) is 3.80. The monoisotopic (exact) mass is 355 g/mol. The minimum atomic E-state index is -0.776. The fourth-order valence-electron chi connectivity index (χ4n) is 3.72. The second-order valence-corrected chi connectivity index (χ2v) is 6.96. The van der Waals surface area contributed by atoms with Gasteiger partial charge in [0.25, 0.3) is 0 Å². The van der Waals surface area contributed by atoms with E-state index in [0.717, 1.165) is 25.8 Å². The van der Waals surface area contributed by atoms with Crippen molar-refractivity contribution in [2.24, 2.45) is 5.41 Å². The molecule has 0 saturated carbocycles. The Labute approximate surface area is 153 Å². The number of anilines is 3. The minimum absolute atomic E-state index is 0.107. The lowest BCUT2D eigenvalue weighted by Crippen LogP contribution is -2.48. The third-order valence-electron chi connectivity index (χ3n) is 5.07. The Bertz CT molecular complexity index is 748. The Kier molecular flexibility index (Phi) is 5.25. The van der Waals surface area contributed by atoms with E-state index < -0.39 is 11.4 Å². The zero-order valence-electron chi connectivity index (χ0n) is 14.8. The van der Waals surface area contributed by atoms with Crippen molar-refractivity contribution in [3.63, 3.8) is 0 Å². The normalized spacial score (nSPS) is 20.1. The molecule has 5 N–H and O–H groups in total. The van der Waals surface area contributed by atoms with E-state index in [0.29, 0.717) is 31.0 Å². The molecule has 0 aliphatic carbocycles. The summed E-state index contributed by atoms with van der Waals surface area (Å²) in [7, 11) is 0. The summed E-state index contributed by atoms with van der Waals surface area (Å²) in [5, 5.41) is 9.95. The van der Waals surface area contributed by atoms with Crippen LogP contribution >= 0.6 is 0 Å². The third kappa shape index (κ3) is 4.04. The highest BCUT2D eigenvalue weighted by atomic mass is 16.4. The van der Waals surface area contributed by atoms with Gasteiger partial charge in [0.1, 0.15) is 11.6 Å². The zero-order valence-corrected chi connectivity index (χ0v) is 14.8. The van der Waals surface area contributed by atoms with Crippen LogP contribution in [0, 0.1) is 5.41 Å². The van der Waals surface area contributed by atoms with Crippen LogP contribution in [0.1, 0.15) is 31.2 Å². The lowest BCUT2D eigenvalue weighted by Gasteiger charge is -2.40. The van der Waals surface area contributed by atoms with Gasteiger partial charge in [0.2, 0.25) is 5.95 Å². The molecule has 138 valence electrons. The highest BCUT2D eigenvalue weighted by Crippen LogP contribution is 2.37. The van der Waals surface area contributed by atoms with Gasteiger partial charge in [0, 0.05) is 19.2 Å². The molecule has 0 radical (unpaired) electrons. The van der Waals surface area contributed by atoms with E-state index >= 15 is 0 Å². The van der Waals surface area contributed by atoms with Crippen LogP contribution in [0.4, 0.5) is 17.6 Å². The van der Waals surface area contributed by atoms with Crippen LogP contribution in [0.3, 0.4) is 0 Å². The van der Waals surface area contributed by atoms with Crippen molar-refractivity contribution < 1.29 is 9.90 Å². The van der Waals surface area contributed by atoms with E-state index in [4.69, 9.17) is 11.5 Å². The number of carboxylic acids is 1. The molecule has 1 aliphatic rings. The molecule has 1 fully saturated rings. The highest BCUT2D eigenvalue weighted by Gasteiger charge is 2.42. The SMILES string of the molecule is Nc1cc(N2CCC[C@](CCCc3ccccc3)(C(=O)O)C2)nc(N)n1. The zero-order chi connectivity index (χ0) is 18.6. The van der Waals surface area contributed by atoms with Crippen molar-refractivity contribution in [1.82, 2.24) is 9.97 Å². The number of aliphatic carboxylic acids is 1. The number of carbonyl (C=O) groups is 1. The Morgan fingerprint density at radius 3 is 2.69 bits per heavy atom. The van der Waals surface area contributed by atoms with E-state index in [1.54, 1.807) is 6.07 Å². The van der Waals surface area contributed by atoms with Crippen LogP contribution < -0.4 is 16.4 Å². The molecular weight excluding hydrogens is 330 g/mol. The van der Waals surface area contributed by atoms with Crippen molar-refractivity contribution in [2.45, 2.75) is 32.1 Å². The number of aromatic nitrogens is 2. The molecule has 0 unspecified atom stereocenters. The van der Waals surface area contributed by atoms with Gasteiger partial charge in [-0.2, -0.15) is 9.97 Å². The van der Waals surface area contributed by atoms with Gasteiger partial charge in [-0.05, 0) is 37.7 Å². The van der Waals surface area contributed by atoms with Gasteiger partial charge in [-0.25, -0.2) is 0 Å². The summed E-state index contributed by atoms with van der Waals surface area (Å²) in [6.45, 7) is 1.15. The fourth-order valence-corrected chi connectivity index (χ4v) is 3.72. The van der Waals surface area contributed by atoms with Gasteiger partial charge >= 0.3 is 5.97 Å². The Hall–Kier alpha value is -2.83. The number of nitrogens with zero attached hydrogens (tertiary/aromatic N) is 3. The van der Waals surface area contributed by atoms with Crippen molar-refractivity contribution in [3.8, 4) is 0 Å². The Morgan fingerprint density at radius 1 is 1.23 bits per heavy atom. The van der Waals surface area contributed by atoms with E-state index in [1.807, 2.05) is 23.1 Å². The maximum Gasteiger partial charge on any atom is 0.311 e. The van der Waals surface area contributed by atoms with Gasteiger partial charge < -0.3 is 21.5 Å². The standard InChI is InChI=1S/C19H25N5O2/c20-15-12-16(23-18(21)22-15)24-11-5-10-19(13-24,17(25)26)9-4-8-14-6-2-1-3-7-14/h1-3,6-7,12H,4-5,8-11,13H2,(H,25,26)(H4,20,21,22,23)/t19-/m0/s1. The number of benzene rings is 1. The van der Waals surface area contributed by atoms with Crippen LogP contribution in [0.5, 0.6) is 0 Å². The molecule has 1 aliphatic heterocycles. The first-order chi connectivity index (χ1) is 12.5. The molecule has 1 atom stereocenters. The molecule has 1 aromatic carbocycles. The summed E-state index contributed by atoms with van der Waals surface area (Å²) in [6, 6.07) is 11.8. The molecule has 0 spiro atoms. The molecule has 3 rings (SSSR count). The molecule has 0 amide bonds. The van der Waals surface area contributed by atoms with E-state index in [1.165, 1.54) is 5.56 Å². The number of aryl methyl sites for hydroxylation is 1. The lowest BCUT2D eigenvalue weighted by atomic mass is 9.75. The first-order valence-corrected chi connectivity index (χ1v) is 8.91. The summed E-state index contributed by atoms with van der Waals surface area (Å²) in [4.78, 5) is 22.2. The van der Waals surface area contributed by atoms with Crippen LogP contribution in [0.15, 0.2) is 36.4 Å². The topological polar surface area (TPSA) is 118 Å². The molecule has 2 heterocycles. The molecular formula is C19H25N5O2. The molecule has 1 aromatic heterocycles. The van der Waals surface area contributed by atoms with Gasteiger partial charge in [-0.1, -0.05) is 30.3 Å². The van der Waals surface area contributed by atoms with Gasteiger partial charge in [0.15, 0.2) is 0 Å². The fraction of sp³-hybridized carbons (Fsp3) is 0.421. The highest BCUT2D eigenvalue weighted by molar-refractivity contribution is 5.76. The molecule has 26 heavy (non-hydrogen) atoms. The predicted molar refractivity (Wildman–Crippen MR) is 102 cm³/mol. The molecule has 1 saturated heterocycles. The van der Waals surface area contributed by atoms with Gasteiger partial charge in [-0.3, -0.25) is 4.79 Å². The first kappa shape index (κ1) is 18.0. The summed E-state index contributed by atoms with van der Waals surface area (Å²) < 4.78 is 0. The molecule has 7 heteroatoms. The minimum Gasteiger partial charge on any atom is -0.481 e. The maximum absolute atomic E-state index is 12.1. The Morgan fingerprint density at radius 2 is 2.00 bits per heavy atom. The number of nitrogen functional groups attached to an aromatic ring is 2. The van der Waals surface area contributed by atoms with Crippen LogP contribution in [-0.2, 0) is 11.2 Å². The van der Waals surface area contributed by atoms with Crippen LogP contribution in [-0.4, -0.2) is 34.1 Å². The number of rotatable bonds is 6. The largest absolute Gasteiger partial charge is 0.481 e. The van der Waals surface area contributed by atoms with Crippen molar-refractivity contribution >= 4 is 23.6 Å². The second-order valence-electron chi connectivity index (χ2n) is 6.96. The summed E-state index contributed by atoms with van der Waals surface area (Å²) in [5.41, 5.74) is 11.9. The lowest BCUT2D eigenvalue weighted by molar-refractivity contribution is -0.150. The number of hydrogen-bond acceptors (Lipinski definition) is 6. The molecule has 7 nitrogen and oxygen atoms in total. The van der Waals surface area contributed by atoms with E-state index in [9.17, 15) is 9.90 Å². The average Bonchev–Trinajstić information content (AvgIpc) is 2.62. The van der Waals surface area contributed by atoms with Gasteiger partial charge in [-0.15, -0.1) is 0 Å². The smallest absolute Gasteiger partial charge is 0.311 e. The maximum atomic E-state index is 12.1. The average molecular weight is 355 g/mol. The number of piperidine rings is 1. The Balaban J connectivity index is 1.72.